The fraction of sp³-hybridized carbons (Fsp3) is 0.440. The van der Waals surface area contributed by atoms with Gasteiger partial charge >= 0.3 is 12.5 Å². The molecule has 1 aromatic carbocycles. The number of rotatable bonds is 6. The molecule has 36 heavy (non-hydrogen) atoms. The van der Waals surface area contributed by atoms with Crippen molar-refractivity contribution in [3.63, 3.8) is 0 Å². The summed E-state index contributed by atoms with van der Waals surface area (Å²) in [5, 5.41) is 0. The molecule has 1 atom stereocenters. The number of ether oxygens (including phenoxy) is 3. The van der Waals surface area contributed by atoms with Crippen LogP contribution in [0, 0.1) is 0 Å². The van der Waals surface area contributed by atoms with Gasteiger partial charge in [0.1, 0.15) is 23.4 Å². The van der Waals surface area contributed by atoms with Gasteiger partial charge in [0.05, 0.1) is 17.3 Å². The predicted molar refractivity (Wildman–Crippen MR) is 125 cm³/mol. The fourth-order valence-corrected chi connectivity index (χ4v) is 3.88. The molecule has 2 aromatic rings. The first-order valence-electron chi connectivity index (χ1n) is 11.5. The molecule has 0 bridgehead atoms. The summed E-state index contributed by atoms with van der Waals surface area (Å²) in [6.45, 7) is 6.66. The summed E-state index contributed by atoms with van der Waals surface area (Å²) in [4.78, 5) is 27.0. The van der Waals surface area contributed by atoms with Gasteiger partial charge in [0.15, 0.2) is 0 Å². The molecule has 192 valence electrons. The number of carbonyl (C=O) groups is 1. The van der Waals surface area contributed by atoms with Gasteiger partial charge in [-0.25, -0.2) is 14.8 Å². The average molecular weight is 505 g/mol. The third kappa shape index (κ3) is 6.73. The van der Waals surface area contributed by atoms with Crippen LogP contribution >= 0.6 is 0 Å². The molecule has 0 fully saturated rings. The number of nitrogens with zero attached hydrogens (tertiary/aromatic N) is 4. The second-order valence-electron chi connectivity index (χ2n) is 9.47. The quantitative estimate of drug-likeness (QED) is 0.450. The standard InChI is InChI=1S/C25H27F3N4O4/c1-24(2,3)36-23(33)32-12-10-16(11-13-32)4-9-20-21-19(14-29-20)22(31-15-30-21)34-17-5-7-18(8-6-17)35-25(26,27)28/h5-8,10,14-15,20H,4,9,11-13H2,1-3H3. The van der Waals surface area contributed by atoms with E-state index in [1.807, 2.05) is 20.8 Å². The number of amides is 1. The molecular formula is C25H27F3N4O4. The molecule has 0 N–H and O–H groups in total. The van der Waals surface area contributed by atoms with Gasteiger partial charge in [0, 0.05) is 19.3 Å². The van der Waals surface area contributed by atoms with E-state index in [2.05, 4.69) is 25.8 Å². The molecular weight excluding hydrogens is 477 g/mol. The fourth-order valence-electron chi connectivity index (χ4n) is 3.88. The van der Waals surface area contributed by atoms with Crippen molar-refractivity contribution in [2.75, 3.05) is 13.1 Å². The Kier molecular flexibility index (Phi) is 7.18. The lowest BCUT2D eigenvalue weighted by Crippen LogP contribution is -2.39. The molecule has 4 rings (SSSR count). The van der Waals surface area contributed by atoms with Gasteiger partial charge < -0.3 is 19.1 Å². The Morgan fingerprint density at radius 3 is 2.47 bits per heavy atom. The van der Waals surface area contributed by atoms with E-state index in [1.54, 1.807) is 11.1 Å². The van der Waals surface area contributed by atoms with Gasteiger partial charge in [-0.1, -0.05) is 11.6 Å². The van der Waals surface area contributed by atoms with E-state index in [0.29, 0.717) is 24.4 Å². The first-order chi connectivity index (χ1) is 17.0. The van der Waals surface area contributed by atoms with E-state index in [4.69, 9.17) is 9.47 Å². The van der Waals surface area contributed by atoms with Gasteiger partial charge in [-0.05, 0) is 64.3 Å². The highest BCUT2D eigenvalue weighted by atomic mass is 19.4. The van der Waals surface area contributed by atoms with Crippen molar-refractivity contribution in [1.29, 1.82) is 0 Å². The minimum atomic E-state index is -4.76. The molecule has 0 aliphatic carbocycles. The van der Waals surface area contributed by atoms with Crippen LogP contribution < -0.4 is 9.47 Å². The molecule has 2 aliphatic heterocycles. The Labute approximate surface area is 206 Å². The van der Waals surface area contributed by atoms with Crippen LogP contribution in [0.15, 0.2) is 47.2 Å². The molecule has 1 aromatic heterocycles. The van der Waals surface area contributed by atoms with Crippen molar-refractivity contribution in [2.45, 2.75) is 58.0 Å². The molecule has 2 aliphatic rings. The Morgan fingerprint density at radius 1 is 1.11 bits per heavy atom. The van der Waals surface area contributed by atoms with Crippen LogP contribution in [0.4, 0.5) is 18.0 Å². The number of alkyl halides is 3. The van der Waals surface area contributed by atoms with Crippen LogP contribution in [-0.2, 0) is 4.74 Å². The van der Waals surface area contributed by atoms with E-state index in [1.165, 1.54) is 36.2 Å². The zero-order chi connectivity index (χ0) is 25.9. The summed E-state index contributed by atoms with van der Waals surface area (Å²) < 4.78 is 52.1. The molecule has 11 heteroatoms. The molecule has 0 spiro atoms. The number of carbonyl (C=O) groups excluding carboxylic acids is 1. The van der Waals surface area contributed by atoms with Crippen LogP contribution in [0.3, 0.4) is 0 Å². The summed E-state index contributed by atoms with van der Waals surface area (Å²) in [7, 11) is 0. The van der Waals surface area contributed by atoms with Crippen molar-refractivity contribution in [1.82, 2.24) is 14.9 Å². The Bertz CT molecular complexity index is 1160. The first-order valence-corrected chi connectivity index (χ1v) is 11.5. The lowest BCUT2D eigenvalue weighted by molar-refractivity contribution is -0.274. The summed E-state index contributed by atoms with van der Waals surface area (Å²) in [5.41, 5.74) is 2.12. The topological polar surface area (TPSA) is 86.1 Å². The van der Waals surface area contributed by atoms with Crippen LogP contribution in [0.5, 0.6) is 17.4 Å². The van der Waals surface area contributed by atoms with Gasteiger partial charge in [-0.2, -0.15) is 0 Å². The number of aliphatic imine (C=N–C) groups is 1. The Balaban J connectivity index is 1.34. The minimum absolute atomic E-state index is 0.155. The molecule has 0 saturated heterocycles. The molecule has 8 nitrogen and oxygen atoms in total. The van der Waals surface area contributed by atoms with E-state index in [0.717, 1.165) is 25.0 Å². The third-order valence-electron chi connectivity index (χ3n) is 5.54. The highest BCUT2D eigenvalue weighted by Gasteiger charge is 2.31. The molecule has 1 amide bonds. The lowest BCUT2D eigenvalue weighted by Gasteiger charge is -2.29. The summed E-state index contributed by atoms with van der Waals surface area (Å²) >= 11 is 0. The summed E-state index contributed by atoms with van der Waals surface area (Å²) in [5.74, 6) is 0.250. The van der Waals surface area contributed by atoms with Crippen molar-refractivity contribution in [3.8, 4) is 17.4 Å². The van der Waals surface area contributed by atoms with Crippen molar-refractivity contribution in [2.24, 2.45) is 4.99 Å². The highest BCUT2D eigenvalue weighted by molar-refractivity contribution is 5.87. The van der Waals surface area contributed by atoms with E-state index in [-0.39, 0.29) is 23.8 Å². The monoisotopic (exact) mass is 504 g/mol. The summed E-state index contributed by atoms with van der Waals surface area (Å²) in [6.07, 6.45) is 2.37. The molecule has 0 saturated carbocycles. The zero-order valence-electron chi connectivity index (χ0n) is 20.2. The van der Waals surface area contributed by atoms with Gasteiger partial charge in [-0.15, -0.1) is 13.2 Å². The van der Waals surface area contributed by atoms with Gasteiger partial charge in [-0.3, -0.25) is 4.99 Å². The summed E-state index contributed by atoms with van der Waals surface area (Å²) in [6, 6.07) is 4.92. The number of aromatic nitrogens is 2. The second-order valence-corrected chi connectivity index (χ2v) is 9.47. The number of benzene rings is 1. The Morgan fingerprint density at radius 2 is 1.83 bits per heavy atom. The number of hydrogen-bond donors (Lipinski definition) is 0. The van der Waals surface area contributed by atoms with Crippen LogP contribution in [-0.4, -0.2) is 52.2 Å². The average Bonchev–Trinajstić information content (AvgIpc) is 3.21. The molecule has 1 unspecified atom stereocenters. The predicted octanol–water partition coefficient (Wildman–Crippen LogP) is 5.99. The van der Waals surface area contributed by atoms with Crippen molar-refractivity contribution >= 4 is 12.3 Å². The van der Waals surface area contributed by atoms with Crippen molar-refractivity contribution < 1.29 is 32.2 Å². The Hall–Kier alpha value is -3.63. The van der Waals surface area contributed by atoms with E-state index >= 15 is 0 Å². The van der Waals surface area contributed by atoms with Gasteiger partial charge in [0.2, 0.25) is 5.88 Å². The van der Waals surface area contributed by atoms with Gasteiger partial charge in [0.25, 0.3) is 0 Å². The normalized spacial score (nSPS) is 17.4. The maximum atomic E-state index is 12.4. The first kappa shape index (κ1) is 25.5. The largest absolute Gasteiger partial charge is 0.573 e. The lowest BCUT2D eigenvalue weighted by atomic mass is 9.98. The molecule has 3 heterocycles. The van der Waals surface area contributed by atoms with Crippen LogP contribution in [0.25, 0.3) is 0 Å². The minimum Gasteiger partial charge on any atom is -0.444 e. The third-order valence-corrected chi connectivity index (χ3v) is 5.54. The maximum absolute atomic E-state index is 12.4. The number of fused-ring (bicyclic) bond motifs is 1. The van der Waals surface area contributed by atoms with Crippen LogP contribution in [0.2, 0.25) is 0 Å². The smallest absolute Gasteiger partial charge is 0.444 e. The highest BCUT2D eigenvalue weighted by Crippen LogP contribution is 2.36. The number of hydrogen-bond acceptors (Lipinski definition) is 7. The SMILES string of the molecule is CC(C)(C)OC(=O)N1CC=C(CCC2N=Cc3c(Oc4ccc(OC(F)(F)F)cc4)ncnc32)CC1. The second kappa shape index (κ2) is 10.2. The van der Waals surface area contributed by atoms with E-state index in [9.17, 15) is 18.0 Å². The van der Waals surface area contributed by atoms with E-state index < -0.39 is 12.0 Å². The van der Waals surface area contributed by atoms with Crippen LogP contribution in [0.1, 0.15) is 57.3 Å². The zero-order valence-corrected chi connectivity index (χ0v) is 20.2. The van der Waals surface area contributed by atoms with Crippen molar-refractivity contribution in [3.05, 3.63) is 53.5 Å². The number of halogens is 3. The molecule has 0 radical (unpaired) electrons. The maximum Gasteiger partial charge on any atom is 0.573 e.